The molecule has 0 saturated heterocycles. The molecule has 0 spiro atoms. The van der Waals surface area contributed by atoms with E-state index in [2.05, 4.69) is 10.0 Å². The molecule has 0 radical (unpaired) electrons. The molecule has 0 bridgehead atoms. The summed E-state index contributed by atoms with van der Waals surface area (Å²) in [4.78, 5) is 12.9. The molecule has 0 heterocycles. The second-order valence-corrected chi connectivity index (χ2v) is 9.45. The van der Waals surface area contributed by atoms with Crippen LogP contribution < -0.4 is 14.8 Å². The molecule has 0 saturated carbocycles. The van der Waals surface area contributed by atoms with Gasteiger partial charge in [0.2, 0.25) is 0 Å². The smallest absolute Gasteiger partial charge is 0.262 e. The zero-order chi connectivity index (χ0) is 23.5. The third-order valence-corrected chi connectivity index (χ3v) is 7.06. The van der Waals surface area contributed by atoms with Crippen LogP contribution in [0.25, 0.3) is 0 Å². The van der Waals surface area contributed by atoms with Crippen LogP contribution in [0.2, 0.25) is 0 Å². The summed E-state index contributed by atoms with van der Waals surface area (Å²) >= 11 is 0. The molecule has 0 fully saturated rings. The highest BCUT2D eigenvalue weighted by atomic mass is 32.2. The van der Waals surface area contributed by atoms with E-state index in [-0.39, 0.29) is 22.4 Å². The zero-order valence-corrected chi connectivity index (χ0v) is 19.7. The lowest BCUT2D eigenvalue weighted by molar-refractivity contribution is 0.0939. The number of hydrogen-bond donors (Lipinski definition) is 2. The van der Waals surface area contributed by atoms with Crippen molar-refractivity contribution in [3.8, 4) is 5.75 Å². The van der Waals surface area contributed by atoms with Crippen molar-refractivity contribution in [3.05, 3.63) is 88.5 Å². The number of anilines is 1. The molecular weight excluding hydrogens is 424 g/mol. The van der Waals surface area contributed by atoms with Gasteiger partial charge in [0.25, 0.3) is 15.9 Å². The Bertz CT molecular complexity index is 1240. The number of benzene rings is 3. The van der Waals surface area contributed by atoms with Crippen molar-refractivity contribution in [1.29, 1.82) is 0 Å². The van der Waals surface area contributed by atoms with Crippen LogP contribution in [0.3, 0.4) is 0 Å². The van der Waals surface area contributed by atoms with Crippen LogP contribution >= 0.6 is 0 Å². The monoisotopic (exact) mass is 452 g/mol. The molecule has 6 nitrogen and oxygen atoms in total. The Balaban J connectivity index is 1.83. The van der Waals surface area contributed by atoms with E-state index in [0.29, 0.717) is 11.3 Å². The lowest BCUT2D eigenvalue weighted by Gasteiger charge is -2.17. The molecule has 7 heteroatoms. The molecule has 2 N–H and O–H groups in total. The van der Waals surface area contributed by atoms with Gasteiger partial charge >= 0.3 is 0 Å². The minimum atomic E-state index is -3.87. The van der Waals surface area contributed by atoms with E-state index < -0.39 is 10.0 Å². The Labute approximate surface area is 189 Å². The van der Waals surface area contributed by atoms with E-state index in [1.54, 1.807) is 38.3 Å². The van der Waals surface area contributed by atoms with Gasteiger partial charge in [0.05, 0.1) is 23.7 Å². The largest absolute Gasteiger partial charge is 0.497 e. The van der Waals surface area contributed by atoms with Crippen molar-refractivity contribution in [3.63, 3.8) is 0 Å². The molecule has 1 amide bonds. The van der Waals surface area contributed by atoms with Crippen LogP contribution in [-0.2, 0) is 10.0 Å². The molecule has 168 valence electrons. The summed E-state index contributed by atoms with van der Waals surface area (Å²) < 4.78 is 34.0. The number of carbonyl (C=O) groups is 1. The predicted molar refractivity (Wildman–Crippen MR) is 127 cm³/mol. The van der Waals surface area contributed by atoms with E-state index in [1.807, 2.05) is 51.1 Å². The fourth-order valence-electron chi connectivity index (χ4n) is 3.35. The molecule has 0 aliphatic carbocycles. The third-order valence-electron chi connectivity index (χ3n) is 5.55. The van der Waals surface area contributed by atoms with Gasteiger partial charge < -0.3 is 10.1 Å². The van der Waals surface area contributed by atoms with Gasteiger partial charge in [-0.05, 0) is 80.3 Å². The normalized spacial score (nSPS) is 12.2. The summed E-state index contributed by atoms with van der Waals surface area (Å²) in [6, 6.07) is 17.3. The molecule has 1 atom stereocenters. The van der Waals surface area contributed by atoms with Crippen molar-refractivity contribution < 1.29 is 17.9 Å². The van der Waals surface area contributed by atoms with Crippen LogP contribution in [-0.4, -0.2) is 21.4 Å². The Hall–Kier alpha value is -3.32. The molecule has 0 aliphatic rings. The summed E-state index contributed by atoms with van der Waals surface area (Å²) in [6.07, 6.45) is 0. The maximum atomic E-state index is 13.1. The molecule has 3 aromatic rings. The molecule has 3 aromatic carbocycles. The number of nitrogens with one attached hydrogen (secondary N) is 2. The molecule has 3 rings (SSSR count). The molecule has 0 unspecified atom stereocenters. The topological polar surface area (TPSA) is 84.5 Å². The van der Waals surface area contributed by atoms with E-state index in [9.17, 15) is 13.2 Å². The molecular formula is C25H28N2O4S. The number of aryl methyl sites for hydroxylation is 2. The number of methoxy groups -OCH3 is 1. The second kappa shape index (κ2) is 9.44. The van der Waals surface area contributed by atoms with Gasteiger partial charge in [-0.3, -0.25) is 9.52 Å². The highest BCUT2D eigenvalue weighted by molar-refractivity contribution is 7.92. The van der Waals surface area contributed by atoms with Crippen molar-refractivity contribution >= 4 is 21.6 Å². The summed E-state index contributed by atoms with van der Waals surface area (Å²) in [7, 11) is -2.28. The van der Waals surface area contributed by atoms with E-state index in [1.165, 1.54) is 6.07 Å². The minimum Gasteiger partial charge on any atom is -0.497 e. The number of carbonyl (C=O) groups excluding carboxylic acids is 1. The van der Waals surface area contributed by atoms with E-state index in [4.69, 9.17) is 4.74 Å². The maximum Gasteiger partial charge on any atom is 0.262 e. The lowest BCUT2D eigenvalue weighted by atomic mass is 10.1. The number of amides is 1. The quantitative estimate of drug-likeness (QED) is 0.533. The van der Waals surface area contributed by atoms with Crippen molar-refractivity contribution in [2.24, 2.45) is 0 Å². The highest BCUT2D eigenvalue weighted by Crippen LogP contribution is 2.25. The fourth-order valence-corrected chi connectivity index (χ4v) is 4.74. The van der Waals surface area contributed by atoms with Crippen molar-refractivity contribution in [2.75, 3.05) is 11.8 Å². The Morgan fingerprint density at radius 3 is 2.28 bits per heavy atom. The first-order valence-corrected chi connectivity index (χ1v) is 11.7. The second-order valence-electron chi connectivity index (χ2n) is 7.80. The number of hydrogen-bond acceptors (Lipinski definition) is 4. The van der Waals surface area contributed by atoms with Crippen LogP contribution in [0.4, 0.5) is 5.69 Å². The van der Waals surface area contributed by atoms with Crippen LogP contribution in [0.1, 0.15) is 45.6 Å². The van der Waals surface area contributed by atoms with Crippen LogP contribution in [0.5, 0.6) is 5.75 Å². The van der Waals surface area contributed by atoms with Gasteiger partial charge in [0.15, 0.2) is 0 Å². The fraction of sp³-hybridized carbons (Fsp3) is 0.240. The van der Waals surface area contributed by atoms with Gasteiger partial charge in [-0.25, -0.2) is 8.42 Å². The summed E-state index contributed by atoms with van der Waals surface area (Å²) in [5.41, 5.74) is 4.11. The summed E-state index contributed by atoms with van der Waals surface area (Å²) in [6.45, 7) is 7.37. The summed E-state index contributed by atoms with van der Waals surface area (Å²) in [5.74, 6) is 0.383. The zero-order valence-electron chi connectivity index (χ0n) is 18.9. The predicted octanol–water partition coefficient (Wildman–Crippen LogP) is 4.91. The Morgan fingerprint density at radius 1 is 0.938 bits per heavy atom. The van der Waals surface area contributed by atoms with Gasteiger partial charge in [0, 0.05) is 5.56 Å². The highest BCUT2D eigenvalue weighted by Gasteiger charge is 2.21. The van der Waals surface area contributed by atoms with Crippen molar-refractivity contribution in [2.45, 2.75) is 38.6 Å². The van der Waals surface area contributed by atoms with E-state index in [0.717, 1.165) is 22.4 Å². The van der Waals surface area contributed by atoms with Gasteiger partial charge in [-0.15, -0.1) is 0 Å². The van der Waals surface area contributed by atoms with Gasteiger partial charge in [-0.1, -0.05) is 30.3 Å². The average molecular weight is 453 g/mol. The first kappa shape index (κ1) is 23.3. The standard InChI is InChI=1S/C25H28N2O4S/c1-16-7-6-8-23(18(16)3)27-32(29,30)24-15-21(10-9-17(24)2)25(28)26-19(4)20-11-13-22(31-5)14-12-20/h6-15,19,27H,1-5H3,(H,26,28)/t19-/m0/s1. The first-order valence-electron chi connectivity index (χ1n) is 10.3. The average Bonchev–Trinajstić information content (AvgIpc) is 2.77. The maximum absolute atomic E-state index is 13.1. The SMILES string of the molecule is COc1ccc([C@H](C)NC(=O)c2ccc(C)c(S(=O)(=O)Nc3cccc(C)c3C)c2)cc1. The minimum absolute atomic E-state index is 0.0724. The third kappa shape index (κ3) is 5.11. The van der Waals surface area contributed by atoms with Crippen molar-refractivity contribution in [1.82, 2.24) is 5.32 Å². The molecule has 0 aromatic heterocycles. The lowest BCUT2D eigenvalue weighted by Crippen LogP contribution is -2.27. The number of ether oxygens (including phenoxy) is 1. The molecule has 0 aliphatic heterocycles. The molecule has 32 heavy (non-hydrogen) atoms. The number of rotatable bonds is 7. The first-order chi connectivity index (χ1) is 15.1. The Morgan fingerprint density at radius 2 is 1.62 bits per heavy atom. The van der Waals surface area contributed by atoms with Gasteiger partial charge in [-0.2, -0.15) is 0 Å². The Kier molecular flexibility index (Phi) is 6.89. The van der Waals surface area contributed by atoms with E-state index >= 15 is 0 Å². The number of sulfonamides is 1. The summed E-state index contributed by atoms with van der Waals surface area (Å²) in [5, 5.41) is 2.92. The van der Waals surface area contributed by atoms with Gasteiger partial charge in [0.1, 0.15) is 5.75 Å². The van der Waals surface area contributed by atoms with Crippen LogP contribution in [0.15, 0.2) is 65.6 Å². The van der Waals surface area contributed by atoms with Crippen LogP contribution in [0, 0.1) is 20.8 Å².